The summed E-state index contributed by atoms with van der Waals surface area (Å²) >= 11 is 1.65. The molecule has 0 saturated heterocycles. The molecule has 0 saturated carbocycles. The van der Waals surface area contributed by atoms with Gasteiger partial charge in [0.1, 0.15) is 5.75 Å². The van der Waals surface area contributed by atoms with Crippen LogP contribution in [0.4, 0.5) is 0 Å². The van der Waals surface area contributed by atoms with Gasteiger partial charge < -0.3 is 14.7 Å². The molecular weight excluding hydrogens is 322 g/mol. The standard InChI is InChI=1S/C19H23NO3S/c1-14(23-16-9-11-17(24-3)12-10-16)19(22)20(2)18(13-21)15-7-5-4-6-8-15/h4-12,14,18,21H,13H2,1-3H3. The van der Waals surface area contributed by atoms with E-state index in [2.05, 4.69) is 0 Å². The average Bonchev–Trinajstić information content (AvgIpc) is 2.63. The Bertz CT molecular complexity index is 645. The first-order chi connectivity index (χ1) is 11.6. The van der Waals surface area contributed by atoms with E-state index in [4.69, 9.17) is 4.74 Å². The van der Waals surface area contributed by atoms with Crippen molar-refractivity contribution in [2.75, 3.05) is 19.9 Å². The first kappa shape index (κ1) is 18.4. The molecule has 2 rings (SSSR count). The molecule has 1 N–H and O–H groups in total. The minimum absolute atomic E-state index is 0.138. The smallest absolute Gasteiger partial charge is 0.263 e. The Morgan fingerprint density at radius 1 is 1.17 bits per heavy atom. The van der Waals surface area contributed by atoms with Gasteiger partial charge in [-0.3, -0.25) is 4.79 Å². The molecule has 0 bridgehead atoms. The maximum Gasteiger partial charge on any atom is 0.263 e. The van der Waals surface area contributed by atoms with E-state index in [1.165, 1.54) is 4.90 Å². The lowest BCUT2D eigenvalue weighted by Crippen LogP contribution is -2.41. The Kier molecular flexibility index (Phi) is 6.70. The van der Waals surface area contributed by atoms with Crippen LogP contribution in [0.3, 0.4) is 0 Å². The highest BCUT2D eigenvalue weighted by Gasteiger charge is 2.26. The maximum absolute atomic E-state index is 12.6. The molecule has 0 spiro atoms. The van der Waals surface area contributed by atoms with Gasteiger partial charge in [-0.2, -0.15) is 0 Å². The van der Waals surface area contributed by atoms with Crippen molar-refractivity contribution in [2.45, 2.75) is 24.0 Å². The lowest BCUT2D eigenvalue weighted by Gasteiger charge is -2.29. The largest absolute Gasteiger partial charge is 0.481 e. The molecule has 1 amide bonds. The minimum Gasteiger partial charge on any atom is -0.481 e. The molecule has 2 unspecified atom stereocenters. The van der Waals surface area contributed by atoms with Gasteiger partial charge in [0.2, 0.25) is 0 Å². The van der Waals surface area contributed by atoms with Gasteiger partial charge in [-0.15, -0.1) is 11.8 Å². The summed E-state index contributed by atoms with van der Waals surface area (Å²) < 4.78 is 5.75. The molecule has 0 radical (unpaired) electrons. The van der Waals surface area contributed by atoms with Gasteiger partial charge in [-0.05, 0) is 43.0 Å². The van der Waals surface area contributed by atoms with Gasteiger partial charge in [-0.1, -0.05) is 30.3 Å². The van der Waals surface area contributed by atoms with Crippen LogP contribution in [0.1, 0.15) is 18.5 Å². The summed E-state index contributed by atoms with van der Waals surface area (Å²) in [5.74, 6) is 0.481. The van der Waals surface area contributed by atoms with Crippen LogP contribution in [0, 0.1) is 0 Å². The normalized spacial score (nSPS) is 13.2. The zero-order chi connectivity index (χ0) is 17.5. The summed E-state index contributed by atoms with van der Waals surface area (Å²) in [6.45, 7) is 1.59. The monoisotopic (exact) mass is 345 g/mol. The molecule has 2 aromatic rings. The average molecular weight is 345 g/mol. The van der Waals surface area contributed by atoms with E-state index in [1.54, 1.807) is 25.7 Å². The first-order valence-electron chi connectivity index (χ1n) is 7.80. The number of likely N-dealkylation sites (N-methyl/N-ethyl adjacent to an activating group) is 1. The Morgan fingerprint density at radius 2 is 1.79 bits per heavy atom. The van der Waals surface area contributed by atoms with Crippen LogP contribution >= 0.6 is 11.8 Å². The number of carbonyl (C=O) groups is 1. The van der Waals surface area contributed by atoms with E-state index in [1.807, 2.05) is 60.9 Å². The second-order valence-electron chi connectivity index (χ2n) is 5.49. The number of hydrogen-bond acceptors (Lipinski definition) is 4. The number of carbonyl (C=O) groups excluding carboxylic acids is 1. The fourth-order valence-corrected chi connectivity index (χ4v) is 2.88. The van der Waals surface area contributed by atoms with Gasteiger partial charge in [0.05, 0.1) is 12.6 Å². The molecule has 5 heteroatoms. The second kappa shape index (κ2) is 8.76. The lowest BCUT2D eigenvalue weighted by atomic mass is 10.1. The van der Waals surface area contributed by atoms with Crippen molar-refractivity contribution in [1.82, 2.24) is 4.90 Å². The van der Waals surface area contributed by atoms with Crippen LogP contribution in [0.25, 0.3) is 0 Å². The van der Waals surface area contributed by atoms with Crippen molar-refractivity contribution in [3.05, 3.63) is 60.2 Å². The molecule has 2 atom stereocenters. The number of rotatable bonds is 7. The summed E-state index contributed by atoms with van der Waals surface area (Å²) in [7, 11) is 1.69. The predicted molar refractivity (Wildman–Crippen MR) is 97.4 cm³/mol. The Hall–Kier alpha value is -1.98. The molecular formula is C19H23NO3S. The van der Waals surface area contributed by atoms with Crippen LogP contribution in [0.2, 0.25) is 0 Å². The topological polar surface area (TPSA) is 49.8 Å². The van der Waals surface area contributed by atoms with Crippen molar-refractivity contribution in [1.29, 1.82) is 0 Å². The third kappa shape index (κ3) is 4.52. The van der Waals surface area contributed by atoms with Gasteiger partial charge >= 0.3 is 0 Å². The maximum atomic E-state index is 12.6. The van der Waals surface area contributed by atoms with E-state index < -0.39 is 6.10 Å². The molecule has 0 heterocycles. The summed E-state index contributed by atoms with van der Waals surface area (Å²) in [5.41, 5.74) is 0.896. The molecule has 0 fully saturated rings. The molecule has 4 nitrogen and oxygen atoms in total. The van der Waals surface area contributed by atoms with E-state index in [9.17, 15) is 9.90 Å². The van der Waals surface area contributed by atoms with Gasteiger partial charge in [-0.25, -0.2) is 0 Å². The molecule has 24 heavy (non-hydrogen) atoms. The third-order valence-corrected chi connectivity index (χ3v) is 4.64. The van der Waals surface area contributed by atoms with Crippen LogP contribution < -0.4 is 4.74 Å². The van der Waals surface area contributed by atoms with Crippen molar-refractivity contribution in [3.8, 4) is 5.75 Å². The summed E-state index contributed by atoms with van der Waals surface area (Å²) in [6.07, 6.45) is 1.38. The summed E-state index contributed by atoms with van der Waals surface area (Å²) in [5, 5.41) is 9.69. The number of amides is 1. The Labute approximate surface area is 147 Å². The minimum atomic E-state index is -0.632. The zero-order valence-corrected chi connectivity index (χ0v) is 15.0. The molecule has 128 valence electrons. The van der Waals surface area contributed by atoms with Crippen molar-refractivity contribution >= 4 is 17.7 Å². The number of thioether (sulfide) groups is 1. The highest BCUT2D eigenvalue weighted by molar-refractivity contribution is 7.98. The summed E-state index contributed by atoms with van der Waals surface area (Å²) in [4.78, 5) is 15.3. The first-order valence-corrected chi connectivity index (χ1v) is 9.02. The fraction of sp³-hybridized carbons (Fsp3) is 0.316. The number of hydrogen-bond donors (Lipinski definition) is 1. The number of nitrogens with zero attached hydrogens (tertiary/aromatic N) is 1. The van der Waals surface area contributed by atoms with E-state index in [0.717, 1.165) is 10.5 Å². The van der Waals surface area contributed by atoms with Gasteiger partial charge in [0, 0.05) is 11.9 Å². The molecule has 0 aliphatic carbocycles. The number of aliphatic hydroxyl groups excluding tert-OH is 1. The van der Waals surface area contributed by atoms with Crippen LogP contribution in [-0.2, 0) is 4.79 Å². The predicted octanol–water partition coefficient (Wildman–Crippen LogP) is 3.37. The van der Waals surface area contributed by atoms with Crippen molar-refractivity contribution in [3.63, 3.8) is 0 Å². The lowest BCUT2D eigenvalue weighted by molar-refractivity contribution is -0.139. The van der Waals surface area contributed by atoms with E-state index in [0.29, 0.717) is 5.75 Å². The number of ether oxygens (including phenoxy) is 1. The molecule has 0 aliphatic rings. The highest BCUT2D eigenvalue weighted by Crippen LogP contribution is 2.22. The quantitative estimate of drug-likeness (QED) is 0.782. The van der Waals surface area contributed by atoms with Crippen LogP contribution in [0.5, 0.6) is 5.75 Å². The highest BCUT2D eigenvalue weighted by atomic mass is 32.2. The van der Waals surface area contributed by atoms with Crippen LogP contribution in [0.15, 0.2) is 59.5 Å². The number of aliphatic hydroxyl groups is 1. The van der Waals surface area contributed by atoms with Gasteiger partial charge in [0.25, 0.3) is 5.91 Å². The zero-order valence-electron chi connectivity index (χ0n) is 14.2. The Morgan fingerprint density at radius 3 is 2.33 bits per heavy atom. The molecule has 2 aromatic carbocycles. The van der Waals surface area contributed by atoms with Crippen molar-refractivity contribution in [2.24, 2.45) is 0 Å². The molecule has 0 aromatic heterocycles. The van der Waals surface area contributed by atoms with Crippen LogP contribution in [-0.4, -0.2) is 41.9 Å². The van der Waals surface area contributed by atoms with E-state index in [-0.39, 0.29) is 18.6 Å². The van der Waals surface area contributed by atoms with Gasteiger partial charge in [0.15, 0.2) is 6.10 Å². The third-order valence-electron chi connectivity index (χ3n) is 3.89. The fourth-order valence-electron chi connectivity index (χ4n) is 2.48. The van der Waals surface area contributed by atoms with E-state index >= 15 is 0 Å². The Balaban J connectivity index is 2.05. The number of benzene rings is 2. The SMILES string of the molecule is CSc1ccc(OC(C)C(=O)N(C)C(CO)c2ccccc2)cc1. The van der Waals surface area contributed by atoms with Crippen molar-refractivity contribution < 1.29 is 14.6 Å². The molecule has 0 aliphatic heterocycles. The summed E-state index contributed by atoms with van der Waals surface area (Å²) in [6, 6.07) is 16.7. The second-order valence-corrected chi connectivity index (χ2v) is 6.37.